The highest BCUT2D eigenvalue weighted by atomic mass is 16.5. The van der Waals surface area contributed by atoms with Crippen LogP contribution in [0.5, 0.6) is 0 Å². The van der Waals surface area contributed by atoms with Crippen molar-refractivity contribution in [1.82, 2.24) is 0 Å². The number of carbonyl (C=O) groups excluding carboxylic acids is 1. The van der Waals surface area contributed by atoms with Crippen LogP contribution in [0.2, 0.25) is 0 Å². The van der Waals surface area contributed by atoms with Gasteiger partial charge in [-0.15, -0.1) is 0 Å². The Morgan fingerprint density at radius 3 is 2.67 bits per heavy atom. The first kappa shape index (κ1) is 14.7. The van der Waals surface area contributed by atoms with Crippen LogP contribution in [0.1, 0.15) is 19.4 Å². The fourth-order valence-electron chi connectivity index (χ4n) is 1.59. The number of amides is 1. The number of rotatable bonds is 6. The quantitative estimate of drug-likeness (QED) is 0.809. The van der Waals surface area contributed by atoms with E-state index in [0.717, 1.165) is 17.7 Å². The van der Waals surface area contributed by atoms with E-state index in [-0.39, 0.29) is 11.8 Å². The largest absolute Gasteiger partial charge is 0.384 e. The van der Waals surface area contributed by atoms with Crippen molar-refractivity contribution in [3.05, 3.63) is 29.8 Å². The molecule has 0 aliphatic carbocycles. The molecule has 0 heterocycles. The molecule has 0 radical (unpaired) electrons. The molecule has 4 nitrogen and oxygen atoms in total. The molecule has 18 heavy (non-hydrogen) atoms. The van der Waals surface area contributed by atoms with E-state index in [0.29, 0.717) is 6.61 Å². The Morgan fingerprint density at radius 2 is 2.06 bits per heavy atom. The summed E-state index contributed by atoms with van der Waals surface area (Å²) in [5, 5.41) is 2.88. The fraction of sp³-hybridized carbons (Fsp3) is 0.500. The van der Waals surface area contributed by atoms with Crippen molar-refractivity contribution in [2.45, 2.75) is 26.3 Å². The zero-order chi connectivity index (χ0) is 13.5. The van der Waals surface area contributed by atoms with Crippen LogP contribution in [0.3, 0.4) is 0 Å². The molecule has 0 aliphatic rings. The molecule has 1 atom stereocenters. The van der Waals surface area contributed by atoms with Crippen molar-refractivity contribution in [2.24, 2.45) is 11.7 Å². The third-order valence-corrected chi connectivity index (χ3v) is 2.87. The van der Waals surface area contributed by atoms with Gasteiger partial charge in [0.15, 0.2) is 0 Å². The Bertz CT molecular complexity index is 391. The predicted molar refractivity (Wildman–Crippen MR) is 73.5 cm³/mol. The molecule has 1 aromatic carbocycles. The molecule has 1 aromatic rings. The monoisotopic (exact) mass is 250 g/mol. The highest BCUT2D eigenvalue weighted by Gasteiger charge is 2.17. The topological polar surface area (TPSA) is 64.3 Å². The highest BCUT2D eigenvalue weighted by molar-refractivity contribution is 5.95. The van der Waals surface area contributed by atoms with E-state index in [1.54, 1.807) is 7.11 Å². The van der Waals surface area contributed by atoms with Gasteiger partial charge in [-0.05, 0) is 24.0 Å². The van der Waals surface area contributed by atoms with E-state index in [2.05, 4.69) is 5.32 Å². The van der Waals surface area contributed by atoms with E-state index in [1.165, 1.54) is 0 Å². The molecule has 1 rings (SSSR count). The fourth-order valence-corrected chi connectivity index (χ4v) is 1.59. The minimum Gasteiger partial charge on any atom is -0.384 e. The van der Waals surface area contributed by atoms with Gasteiger partial charge in [-0.1, -0.05) is 32.0 Å². The second kappa shape index (κ2) is 7.13. The summed E-state index contributed by atoms with van der Waals surface area (Å²) in [7, 11) is 1.66. The van der Waals surface area contributed by atoms with Crippen LogP contribution in [0.15, 0.2) is 24.3 Å². The van der Waals surface area contributed by atoms with Crippen molar-refractivity contribution in [3.8, 4) is 0 Å². The van der Waals surface area contributed by atoms with Gasteiger partial charge in [0.2, 0.25) is 5.91 Å². The first-order chi connectivity index (χ1) is 8.56. The molecule has 0 unspecified atom stereocenters. The van der Waals surface area contributed by atoms with Gasteiger partial charge in [0.25, 0.3) is 0 Å². The second-order valence-electron chi connectivity index (χ2n) is 4.66. The van der Waals surface area contributed by atoms with Crippen molar-refractivity contribution in [3.63, 3.8) is 0 Å². The molecule has 0 aliphatic heterocycles. The Balaban J connectivity index is 2.74. The maximum Gasteiger partial charge on any atom is 0.241 e. The van der Waals surface area contributed by atoms with E-state index < -0.39 is 6.04 Å². The van der Waals surface area contributed by atoms with Gasteiger partial charge >= 0.3 is 0 Å². The molecule has 0 saturated carbocycles. The normalized spacial score (nSPS) is 12.5. The highest BCUT2D eigenvalue weighted by Crippen LogP contribution is 2.16. The number of nitrogens with one attached hydrogen (secondary N) is 1. The lowest BCUT2D eigenvalue weighted by Gasteiger charge is -2.17. The smallest absolute Gasteiger partial charge is 0.241 e. The zero-order valence-electron chi connectivity index (χ0n) is 11.3. The van der Waals surface area contributed by atoms with Gasteiger partial charge in [0.05, 0.1) is 12.6 Å². The maximum absolute atomic E-state index is 11.9. The number of para-hydroxylation sites is 1. The van der Waals surface area contributed by atoms with Gasteiger partial charge in [-0.2, -0.15) is 0 Å². The number of hydrogen-bond acceptors (Lipinski definition) is 3. The summed E-state index contributed by atoms with van der Waals surface area (Å²) < 4.78 is 5.05. The minimum absolute atomic E-state index is 0.121. The molecule has 4 heteroatoms. The van der Waals surface area contributed by atoms with Crippen LogP contribution >= 0.6 is 0 Å². The SMILES string of the molecule is COCCc1ccccc1NC(=O)[C@@H](N)C(C)C. The predicted octanol–water partition coefficient (Wildman–Crippen LogP) is 1.80. The number of methoxy groups -OCH3 is 1. The van der Waals surface area contributed by atoms with E-state index in [4.69, 9.17) is 10.5 Å². The van der Waals surface area contributed by atoms with Crippen LogP contribution in [0.4, 0.5) is 5.69 Å². The molecule has 0 saturated heterocycles. The van der Waals surface area contributed by atoms with E-state index in [9.17, 15) is 4.79 Å². The number of carbonyl (C=O) groups is 1. The maximum atomic E-state index is 11.9. The molecule has 1 amide bonds. The van der Waals surface area contributed by atoms with E-state index in [1.807, 2.05) is 38.1 Å². The second-order valence-corrected chi connectivity index (χ2v) is 4.66. The Morgan fingerprint density at radius 1 is 1.39 bits per heavy atom. The molecule has 0 spiro atoms. The van der Waals surface area contributed by atoms with Gasteiger partial charge in [-0.3, -0.25) is 4.79 Å². The number of benzene rings is 1. The third kappa shape index (κ3) is 4.13. The van der Waals surface area contributed by atoms with Gasteiger partial charge in [0, 0.05) is 12.8 Å². The van der Waals surface area contributed by atoms with E-state index >= 15 is 0 Å². The van der Waals surface area contributed by atoms with Crippen LogP contribution < -0.4 is 11.1 Å². The summed E-state index contributed by atoms with van der Waals surface area (Å²) >= 11 is 0. The summed E-state index contributed by atoms with van der Waals surface area (Å²) in [5.74, 6) is -0.0222. The summed E-state index contributed by atoms with van der Waals surface area (Å²) in [6.07, 6.45) is 0.768. The van der Waals surface area contributed by atoms with Crippen LogP contribution in [0, 0.1) is 5.92 Å². The molecule has 3 N–H and O–H groups in total. The number of nitrogens with two attached hydrogens (primary N) is 1. The van der Waals surface area contributed by atoms with Crippen LogP contribution in [-0.4, -0.2) is 25.7 Å². The molecule has 0 aromatic heterocycles. The lowest BCUT2D eigenvalue weighted by atomic mass is 10.0. The molecular formula is C14H22N2O2. The number of ether oxygens (including phenoxy) is 1. The molecule has 100 valence electrons. The Labute approximate surface area is 109 Å². The zero-order valence-corrected chi connectivity index (χ0v) is 11.3. The first-order valence-electron chi connectivity index (χ1n) is 6.19. The average Bonchev–Trinajstić information content (AvgIpc) is 2.36. The van der Waals surface area contributed by atoms with Gasteiger partial charge in [0.1, 0.15) is 0 Å². The summed E-state index contributed by atoms with van der Waals surface area (Å²) in [4.78, 5) is 11.9. The minimum atomic E-state index is -0.486. The van der Waals surface area contributed by atoms with Crippen LogP contribution in [0.25, 0.3) is 0 Å². The summed E-state index contributed by atoms with van der Waals surface area (Å²) in [6.45, 7) is 4.49. The molecular weight excluding hydrogens is 228 g/mol. The summed E-state index contributed by atoms with van der Waals surface area (Å²) in [5.41, 5.74) is 7.70. The third-order valence-electron chi connectivity index (χ3n) is 2.87. The van der Waals surface area contributed by atoms with Crippen molar-refractivity contribution < 1.29 is 9.53 Å². The number of hydrogen-bond donors (Lipinski definition) is 2. The molecule has 0 bridgehead atoms. The van der Waals surface area contributed by atoms with Crippen molar-refractivity contribution in [2.75, 3.05) is 19.0 Å². The molecule has 0 fully saturated rings. The van der Waals surface area contributed by atoms with Crippen LogP contribution in [-0.2, 0) is 16.0 Å². The standard InChI is InChI=1S/C14H22N2O2/c1-10(2)13(15)14(17)16-12-7-5-4-6-11(12)8-9-18-3/h4-7,10,13H,8-9,15H2,1-3H3,(H,16,17)/t13-/m0/s1. The average molecular weight is 250 g/mol. The lowest BCUT2D eigenvalue weighted by Crippen LogP contribution is -2.39. The Hall–Kier alpha value is -1.39. The van der Waals surface area contributed by atoms with Crippen molar-refractivity contribution >= 4 is 11.6 Å². The first-order valence-corrected chi connectivity index (χ1v) is 6.19. The van der Waals surface area contributed by atoms with Gasteiger partial charge < -0.3 is 15.8 Å². The van der Waals surface area contributed by atoms with Gasteiger partial charge in [-0.25, -0.2) is 0 Å². The number of anilines is 1. The lowest BCUT2D eigenvalue weighted by molar-refractivity contribution is -0.118. The Kier molecular flexibility index (Phi) is 5.82. The van der Waals surface area contributed by atoms with Crippen molar-refractivity contribution in [1.29, 1.82) is 0 Å². The summed E-state index contributed by atoms with van der Waals surface area (Å²) in [6, 6.07) is 7.22.